The van der Waals surface area contributed by atoms with Crippen molar-refractivity contribution in [2.75, 3.05) is 47.9 Å². The molecule has 1 aliphatic heterocycles. The van der Waals surface area contributed by atoms with Crippen molar-refractivity contribution in [1.82, 2.24) is 30.5 Å². The normalized spacial score (nSPS) is 14.6. The molecule has 0 bridgehead atoms. The zero-order chi connectivity index (χ0) is 30.9. The predicted octanol–water partition coefficient (Wildman–Crippen LogP) is 1.78. The Morgan fingerprint density at radius 3 is 2.52 bits per heavy atom. The molecule has 1 aromatic carbocycles. The highest BCUT2D eigenvalue weighted by Gasteiger charge is 2.41. The Labute approximate surface area is 246 Å². The SMILES string of the molecule is CCCN(CCC)C(c1cnc(C#C[C@](CN2Cc3ccc(OC)cc3C2=O)(NC)C(=O)NC=O)c(OC)c1)N(C)O. The number of ether oxygens (including phenoxy) is 2. The van der Waals surface area contributed by atoms with Gasteiger partial charge in [0.25, 0.3) is 11.8 Å². The van der Waals surface area contributed by atoms with Crippen LogP contribution < -0.4 is 20.1 Å². The van der Waals surface area contributed by atoms with Crippen LogP contribution in [0.15, 0.2) is 30.5 Å². The fourth-order valence-corrected chi connectivity index (χ4v) is 5.09. The number of hydrogen-bond acceptors (Lipinski definition) is 10. The first-order chi connectivity index (χ1) is 20.2. The predicted molar refractivity (Wildman–Crippen MR) is 156 cm³/mol. The molecule has 3 amide bonds. The molecule has 3 N–H and O–H groups in total. The van der Waals surface area contributed by atoms with Crippen LogP contribution in [0.25, 0.3) is 0 Å². The smallest absolute Gasteiger partial charge is 0.260 e. The molecular weight excluding hydrogens is 540 g/mol. The summed E-state index contributed by atoms with van der Waals surface area (Å²) >= 11 is 0. The number of aromatic nitrogens is 1. The molecule has 3 rings (SSSR count). The van der Waals surface area contributed by atoms with Crippen molar-refractivity contribution in [2.45, 2.75) is 44.9 Å². The third kappa shape index (κ3) is 7.06. The summed E-state index contributed by atoms with van der Waals surface area (Å²) in [6, 6.07) is 6.99. The summed E-state index contributed by atoms with van der Waals surface area (Å²) in [5.41, 5.74) is 0.569. The molecule has 0 saturated carbocycles. The minimum absolute atomic E-state index is 0.146. The molecule has 2 atom stereocenters. The molecule has 0 spiro atoms. The molecule has 1 aromatic heterocycles. The van der Waals surface area contributed by atoms with Crippen LogP contribution in [0.2, 0.25) is 0 Å². The van der Waals surface area contributed by atoms with Crippen LogP contribution in [0.1, 0.15) is 60.0 Å². The number of carbonyl (C=O) groups excluding carboxylic acids is 3. The van der Waals surface area contributed by atoms with Crippen LogP contribution >= 0.6 is 0 Å². The number of likely N-dealkylation sites (N-methyl/N-ethyl adjacent to an activating group) is 1. The van der Waals surface area contributed by atoms with E-state index in [0.29, 0.717) is 22.6 Å². The molecule has 12 nitrogen and oxygen atoms in total. The number of hydroxylamine groups is 2. The molecule has 0 aliphatic carbocycles. The maximum absolute atomic E-state index is 13.3. The summed E-state index contributed by atoms with van der Waals surface area (Å²) in [5.74, 6) is 5.74. The number of imide groups is 1. The second-order valence-corrected chi connectivity index (χ2v) is 9.98. The van der Waals surface area contributed by atoms with Gasteiger partial charge in [0.2, 0.25) is 6.41 Å². The van der Waals surface area contributed by atoms with Gasteiger partial charge >= 0.3 is 0 Å². The fourth-order valence-electron chi connectivity index (χ4n) is 5.09. The highest BCUT2D eigenvalue weighted by atomic mass is 16.5. The average Bonchev–Trinajstić information content (AvgIpc) is 3.29. The van der Waals surface area contributed by atoms with Gasteiger partial charge in [-0.2, -0.15) is 5.06 Å². The molecule has 1 unspecified atom stereocenters. The van der Waals surface area contributed by atoms with Gasteiger partial charge < -0.3 is 19.6 Å². The lowest BCUT2D eigenvalue weighted by Gasteiger charge is -2.34. The van der Waals surface area contributed by atoms with Gasteiger partial charge in [0, 0.05) is 30.9 Å². The highest BCUT2D eigenvalue weighted by molar-refractivity contribution is 6.01. The lowest BCUT2D eigenvalue weighted by molar-refractivity contribution is -0.155. The van der Waals surface area contributed by atoms with Crippen molar-refractivity contribution in [1.29, 1.82) is 0 Å². The molecule has 42 heavy (non-hydrogen) atoms. The Hall–Kier alpha value is -4.02. The van der Waals surface area contributed by atoms with E-state index in [9.17, 15) is 19.6 Å². The number of nitrogens with zero attached hydrogens (tertiary/aromatic N) is 4. The molecule has 1 aliphatic rings. The summed E-state index contributed by atoms with van der Waals surface area (Å²) < 4.78 is 10.9. The quantitative estimate of drug-likeness (QED) is 0.131. The number of rotatable bonds is 14. The molecule has 226 valence electrons. The van der Waals surface area contributed by atoms with E-state index < -0.39 is 17.6 Å². The Bertz CT molecular complexity index is 1330. The van der Waals surface area contributed by atoms with Gasteiger partial charge in [0.1, 0.15) is 11.9 Å². The number of benzene rings is 1. The van der Waals surface area contributed by atoms with Gasteiger partial charge in [-0.25, -0.2) is 4.98 Å². The van der Waals surface area contributed by atoms with E-state index in [4.69, 9.17) is 9.47 Å². The van der Waals surface area contributed by atoms with E-state index in [1.54, 1.807) is 37.5 Å². The molecule has 2 aromatic rings. The van der Waals surface area contributed by atoms with E-state index in [-0.39, 0.29) is 31.1 Å². The summed E-state index contributed by atoms with van der Waals surface area (Å²) in [6.07, 6.45) is 3.25. The summed E-state index contributed by atoms with van der Waals surface area (Å²) in [5, 5.41) is 16.7. The highest BCUT2D eigenvalue weighted by Crippen LogP contribution is 2.29. The van der Waals surface area contributed by atoms with Crippen molar-refractivity contribution in [3.05, 3.63) is 52.8 Å². The minimum atomic E-state index is -1.65. The Morgan fingerprint density at radius 1 is 1.24 bits per heavy atom. The number of carbonyl (C=O) groups is 3. The van der Waals surface area contributed by atoms with Crippen LogP contribution in [0, 0.1) is 11.8 Å². The van der Waals surface area contributed by atoms with E-state index >= 15 is 0 Å². The van der Waals surface area contributed by atoms with E-state index in [0.717, 1.165) is 36.6 Å². The van der Waals surface area contributed by atoms with Crippen LogP contribution in [0.3, 0.4) is 0 Å². The topological polar surface area (TPSA) is 137 Å². The molecule has 0 fully saturated rings. The Balaban J connectivity index is 2.00. The summed E-state index contributed by atoms with van der Waals surface area (Å²) in [6.45, 7) is 5.82. The number of hydrogen-bond donors (Lipinski definition) is 3. The zero-order valence-corrected chi connectivity index (χ0v) is 25.1. The standard InChI is InChI=1S/C30H40N6O6/c1-7-13-35(14-8-2)27(34(4)40)22-15-26(42-6)25(32-17-22)11-12-30(31-3,29(39)33-20-37)19-36-18-21-9-10-23(41-5)16-24(21)28(36)38/h9-10,15-17,20,27,31,40H,7-8,13-14,18-19H2,1-6H3,(H,33,37,39)/t27?,30-/m1/s1. The van der Waals surface area contributed by atoms with Crippen LogP contribution in [-0.2, 0) is 16.1 Å². The monoisotopic (exact) mass is 580 g/mol. The van der Waals surface area contributed by atoms with Crippen molar-refractivity contribution in [3.63, 3.8) is 0 Å². The molecule has 12 heteroatoms. The molecular formula is C30H40N6O6. The van der Waals surface area contributed by atoms with Crippen LogP contribution in [0.4, 0.5) is 0 Å². The van der Waals surface area contributed by atoms with E-state index in [1.807, 2.05) is 0 Å². The van der Waals surface area contributed by atoms with Crippen molar-refractivity contribution in [2.24, 2.45) is 0 Å². The van der Waals surface area contributed by atoms with Gasteiger partial charge in [-0.3, -0.25) is 29.9 Å². The first-order valence-corrected chi connectivity index (χ1v) is 13.8. The molecule has 2 heterocycles. The lowest BCUT2D eigenvalue weighted by atomic mass is 9.97. The summed E-state index contributed by atoms with van der Waals surface area (Å²) in [7, 11) is 6.12. The van der Waals surface area contributed by atoms with Gasteiger partial charge in [-0.05, 0) is 62.7 Å². The number of amides is 3. The maximum Gasteiger partial charge on any atom is 0.260 e. The molecule has 0 radical (unpaired) electrons. The first kappa shape index (κ1) is 32.5. The number of methoxy groups -OCH3 is 2. The van der Waals surface area contributed by atoms with Crippen LogP contribution in [-0.4, -0.2) is 96.8 Å². The second kappa shape index (κ2) is 14.7. The zero-order valence-electron chi connectivity index (χ0n) is 25.1. The fraction of sp³-hybridized carbons (Fsp3) is 0.467. The van der Waals surface area contributed by atoms with Crippen molar-refractivity contribution in [3.8, 4) is 23.3 Å². The average molecular weight is 581 g/mol. The van der Waals surface area contributed by atoms with E-state index in [2.05, 4.69) is 46.2 Å². The summed E-state index contributed by atoms with van der Waals surface area (Å²) in [4.78, 5) is 45.8. The molecule has 0 saturated heterocycles. The number of pyridine rings is 1. The Kier molecular flexibility index (Phi) is 11.4. The maximum atomic E-state index is 13.3. The first-order valence-electron chi connectivity index (χ1n) is 13.8. The third-order valence-corrected chi connectivity index (χ3v) is 7.14. The van der Waals surface area contributed by atoms with Gasteiger partial charge in [0.15, 0.2) is 17.0 Å². The Morgan fingerprint density at radius 2 is 1.95 bits per heavy atom. The van der Waals surface area contributed by atoms with E-state index in [1.165, 1.54) is 26.2 Å². The van der Waals surface area contributed by atoms with Crippen molar-refractivity contribution < 1.29 is 29.1 Å². The van der Waals surface area contributed by atoms with Gasteiger partial charge in [0.05, 0.1) is 20.8 Å². The number of fused-ring (bicyclic) bond motifs is 1. The van der Waals surface area contributed by atoms with Crippen molar-refractivity contribution >= 4 is 18.2 Å². The minimum Gasteiger partial charge on any atom is -0.497 e. The largest absolute Gasteiger partial charge is 0.497 e. The third-order valence-electron chi connectivity index (χ3n) is 7.14. The van der Waals surface area contributed by atoms with Crippen LogP contribution in [0.5, 0.6) is 11.5 Å². The lowest BCUT2D eigenvalue weighted by Crippen LogP contribution is -2.60. The van der Waals surface area contributed by atoms with Gasteiger partial charge in [-0.15, -0.1) is 0 Å². The number of nitrogens with one attached hydrogen (secondary N) is 2. The van der Waals surface area contributed by atoms with Gasteiger partial charge in [-0.1, -0.05) is 25.8 Å². The second-order valence-electron chi connectivity index (χ2n) is 9.98.